The molecule has 1 saturated carbocycles. The zero-order valence-corrected chi connectivity index (χ0v) is 17.8. The first-order valence-electron chi connectivity index (χ1n) is 10.5. The molecule has 156 valence electrons. The van der Waals surface area contributed by atoms with Crippen LogP contribution in [0.2, 0.25) is 0 Å². The largest absolute Gasteiger partial charge is 0.497 e. The van der Waals surface area contributed by atoms with Crippen LogP contribution in [0, 0.1) is 6.92 Å². The highest BCUT2D eigenvalue weighted by Gasteiger charge is 2.30. The molecule has 0 radical (unpaired) electrons. The van der Waals surface area contributed by atoms with Gasteiger partial charge in [-0.25, -0.2) is 4.68 Å². The van der Waals surface area contributed by atoms with Crippen LogP contribution >= 0.6 is 0 Å². The van der Waals surface area contributed by atoms with Crippen LogP contribution in [0.5, 0.6) is 5.75 Å². The van der Waals surface area contributed by atoms with Gasteiger partial charge in [-0.3, -0.25) is 4.79 Å². The van der Waals surface area contributed by atoms with E-state index < -0.39 is 0 Å². The molecule has 1 heterocycles. The van der Waals surface area contributed by atoms with Crippen LogP contribution in [0.25, 0.3) is 5.69 Å². The Morgan fingerprint density at radius 3 is 2.50 bits per heavy atom. The monoisotopic (exact) mass is 404 g/mol. The third kappa shape index (κ3) is 3.95. The van der Waals surface area contributed by atoms with Crippen LogP contribution < -0.4 is 4.74 Å². The molecule has 0 unspecified atom stereocenters. The van der Waals surface area contributed by atoms with E-state index in [0.717, 1.165) is 42.8 Å². The zero-order chi connectivity index (χ0) is 21.1. The minimum atomic E-state index is -0.0650. The maximum atomic E-state index is 13.2. The minimum Gasteiger partial charge on any atom is -0.497 e. The lowest BCUT2D eigenvalue weighted by Crippen LogP contribution is -2.39. The quantitative estimate of drug-likeness (QED) is 0.633. The molecule has 1 amide bonds. The van der Waals surface area contributed by atoms with Gasteiger partial charge >= 0.3 is 0 Å². The number of carbonyl (C=O) groups is 1. The van der Waals surface area contributed by atoms with E-state index in [4.69, 9.17) is 4.74 Å². The van der Waals surface area contributed by atoms with E-state index in [-0.39, 0.29) is 11.9 Å². The van der Waals surface area contributed by atoms with Crippen LogP contribution in [0.15, 0.2) is 54.6 Å². The Labute approximate surface area is 177 Å². The highest BCUT2D eigenvalue weighted by molar-refractivity contribution is 5.93. The maximum Gasteiger partial charge on any atom is 0.276 e. The summed E-state index contributed by atoms with van der Waals surface area (Å²) in [6.07, 6.45) is 4.21. The van der Waals surface area contributed by atoms with E-state index in [1.165, 1.54) is 5.56 Å². The minimum absolute atomic E-state index is 0.0650. The van der Waals surface area contributed by atoms with Gasteiger partial charge in [-0.15, -0.1) is 5.10 Å². The molecule has 30 heavy (non-hydrogen) atoms. The van der Waals surface area contributed by atoms with Gasteiger partial charge < -0.3 is 9.64 Å². The van der Waals surface area contributed by atoms with Crippen molar-refractivity contribution in [3.05, 3.63) is 71.5 Å². The number of nitrogens with zero attached hydrogens (tertiary/aromatic N) is 4. The van der Waals surface area contributed by atoms with Crippen LogP contribution in [-0.2, 0) is 0 Å². The molecule has 0 bridgehead atoms. The normalized spacial score (nSPS) is 18.8. The third-order valence-electron chi connectivity index (χ3n) is 6.23. The van der Waals surface area contributed by atoms with Gasteiger partial charge in [0.1, 0.15) is 5.75 Å². The van der Waals surface area contributed by atoms with E-state index in [2.05, 4.69) is 40.6 Å². The predicted octanol–water partition coefficient (Wildman–Crippen LogP) is 4.38. The SMILES string of the molecule is COc1cccc(-n2nnc(C(=O)N(C)C3CCC(c4ccccc4)CC3)c2C)c1. The van der Waals surface area contributed by atoms with Crippen LogP contribution in [0.3, 0.4) is 0 Å². The van der Waals surface area contributed by atoms with Gasteiger partial charge in [0.15, 0.2) is 5.69 Å². The molecule has 0 N–H and O–H groups in total. The smallest absolute Gasteiger partial charge is 0.276 e. The number of ether oxygens (including phenoxy) is 1. The maximum absolute atomic E-state index is 13.2. The Bertz CT molecular complexity index is 1010. The Balaban J connectivity index is 1.45. The summed E-state index contributed by atoms with van der Waals surface area (Å²) >= 11 is 0. The number of hydrogen-bond donors (Lipinski definition) is 0. The van der Waals surface area contributed by atoms with Crippen molar-refractivity contribution < 1.29 is 9.53 Å². The second kappa shape index (κ2) is 8.69. The molecule has 0 aliphatic heterocycles. The lowest BCUT2D eigenvalue weighted by atomic mass is 9.81. The highest BCUT2D eigenvalue weighted by Crippen LogP contribution is 2.34. The average molecular weight is 405 g/mol. The molecule has 3 aromatic rings. The molecule has 2 aromatic carbocycles. The van der Waals surface area contributed by atoms with Crippen molar-refractivity contribution in [2.45, 2.75) is 44.6 Å². The summed E-state index contributed by atoms with van der Waals surface area (Å²) in [7, 11) is 3.52. The molecule has 0 spiro atoms. The Hall–Kier alpha value is -3.15. The first-order chi connectivity index (χ1) is 14.6. The van der Waals surface area contributed by atoms with Gasteiger partial charge in [-0.05, 0) is 56.2 Å². The van der Waals surface area contributed by atoms with Crippen molar-refractivity contribution in [3.63, 3.8) is 0 Å². The fraction of sp³-hybridized carbons (Fsp3) is 0.375. The standard InChI is InChI=1S/C24H28N4O2/c1-17-23(25-26-28(17)21-10-7-11-22(16-21)30-3)24(29)27(2)20-14-12-19(13-15-20)18-8-5-4-6-9-18/h4-11,16,19-20H,12-15H2,1-3H3. The molecule has 1 fully saturated rings. The summed E-state index contributed by atoms with van der Waals surface area (Å²) in [5, 5.41) is 8.43. The molecular weight excluding hydrogens is 376 g/mol. The van der Waals surface area contributed by atoms with Crippen LogP contribution in [0.1, 0.15) is 53.3 Å². The van der Waals surface area contributed by atoms with Gasteiger partial charge in [0, 0.05) is 19.2 Å². The lowest BCUT2D eigenvalue weighted by Gasteiger charge is -2.34. The summed E-state index contributed by atoms with van der Waals surface area (Å²) in [6.45, 7) is 1.88. The number of amides is 1. The molecule has 4 rings (SSSR count). The van der Waals surface area contributed by atoms with Crippen LogP contribution in [-0.4, -0.2) is 46.0 Å². The van der Waals surface area contributed by atoms with E-state index >= 15 is 0 Å². The van der Waals surface area contributed by atoms with Gasteiger partial charge in [0.05, 0.1) is 18.5 Å². The predicted molar refractivity (Wildman–Crippen MR) is 116 cm³/mol. The van der Waals surface area contributed by atoms with Crippen molar-refractivity contribution in [2.75, 3.05) is 14.2 Å². The molecular formula is C24H28N4O2. The summed E-state index contributed by atoms with van der Waals surface area (Å²) in [6, 6.07) is 18.5. The second-order valence-electron chi connectivity index (χ2n) is 7.97. The Morgan fingerprint density at radius 1 is 1.07 bits per heavy atom. The second-order valence-corrected chi connectivity index (χ2v) is 7.97. The molecule has 0 atom stereocenters. The molecule has 1 aromatic heterocycles. The van der Waals surface area contributed by atoms with Gasteiger partial charge in [-0.2, -0.15) is 0 Å². The number of aromatic nitrogens is 3. The van der Waals surface area contributed by atoms with Gasteiger partial charge in [0.25, 0.3) is 5.91 Å². The highest BCUT2D eigenvalue weighted by atomic mass is 16.5. The number of hydrogen-bond acceptors (Lipinski definition) is 4. The lowest BCUT2D eigenvalue weighted by molar-refractivity contribution is 0.0682. The number of rotatable bonds is 5. The first-order valence-corrected chi connectivity index (χ1v) is 10.5. The van der Waals surface area contributed by atoms with Gasteiger partial charge in [0.2, 0.25) is 0 Å². The molecule has 1 aliphatic carbocycles. The third-order valence-corrected chi connectivity index (χ3v) is 6.23. The van der Waals surface area contributed by atoms with Crippen molar-refractivity contribution in [1.82, 2.24) is 19.9 Å². The summed E-state index contributed by atoms with van der Waals surface area (Å²) in [4.78, 5) is 15.0. The molecule has 6 nitrogen and oxygen atoms in total. The molecule has 0 saturated heterocycles. The van der Waals surface area contributed by atoms with Crippen molar-refractivity contribution in [1.29, 1.82) is 0 Å². The molecule has 1 aliphatic rings. The van der Waals surface area contributed by atoms with E-state index in [9.17, 15) is 4.79 Å². The van der Waals surface area contributed by atoms with Crippen molar-refractivity contribution in [2.24, 2.45) is 0 Å². The Morgan fingerprint density at radius 2 is 1.80 bits per heavy atom. The van der Waals surface area contributed by atoms with Gasteiger partial charge in [-0.1, -0.05) is 41.6 Å². The fourth-order valence-corrected chi connectivity index (χ4v) is 4.37. The van der Waals surface area contributed by atoms with E-state index in [1.807, 2.05) is 43.1 Å². The number of carbonyl (C=O) groups excluding carboxylic acids is 1. The Kier molecular flexibility index (Phi) is 5.84. The number of benzene rings is 2. The van der Waals surface area contributed by atoms with E-state index in [1.54, 1.807) is 11.8 Å². The number of methoxy groups -OCH3 is 1. The fourth-order valence-electron chi connectivity index (χ4n) is 4.37. The first kappa shape index (κ1) is 20.1. The van der Waals surface area contributed by atoms with Crippen molar-refractivity contribution >= 4 is 5.91 Å². The average Bonchev–Trinajstić information content (AvgIpc) is 3.20. The molecule has 6 heteroatoms. The van der Waals surface area contributed by atoms with E-state index in [0.29, 0.717) is 11.6 Å². The topological polar surface area (TPSA) is 60.2 Å². The summed E-state index contributed by atoms with van der Waals surface area (Å²) < 4.78 is 6.98. The summed E-state index contributed by atoms with van der Waals surface area (Å²) in [5.74, 6) is 1.26. The summed E-state index contributed by atoms with van der Waals surface area (Å²) in [5.41, 5.74) is 3.37. The zero-order valence-electron chi connectivity index (χ0n) is 17.8. The van der Waals surface area contributed by atoms with Crippen LogP contribution in [0.4, 0.5) is 0 Å². The van der Waals surface area contributed by atoms with Crippen molar-refractivity contribution in [3.8, 4) is 11.4 Å².